The van der Waals surface area contributed by atoms with Crippen LogP contribution in [-0.2, 0) is 0 Å². The SMILES string of the molecule is C=C(CC)Nc1cncc(-c2ccc3[nH]nc(-c4cc5c(N6CCCCC6)ccnc5[nH]4)c3c2)c1. The van der Waals surface area contributed by atoms with Crippen molar-refractivity contribution in [2.45, 2.75) is 32.6 Å². The molecule has 1 aliphatic heterocycles. The highest BCUT2D eigenvalue weighted by atomic mass is 15.1. The first kappa shape index (κ1) is 21.4. The number of piperidine rings is 1. The summed E-state index contributed by atoms with van der Waals surface area (Å²) in [5, 5.41) is 13.4. The van der Waals surface area contributed by atoms with Crippen molar-refractivity contribution in [1.82, 2.24) is 25.1 Å². The number of hydrogen-bond donors (Lipinski definition) is 3. The Hall–Kier alpha value is -4.13. The second-order valence-corrected chi connectivity index (χ2v) is 9.20. The highest BCUT2D eigenvalue weighted by Crippen LogP contribution is 2.35. The number of aromatic nitrogens is 5. The molecule has 7 nitrogen and oxygen atoms in total. The predicted octanol–water partition coefficient (Wildman–Crippen LogP) is 6.49. The van der Waals surface area contributed by atoms with Crippen molar-refractivity contribution in [3.8, 4) is 22.5 Å². The second kappa shape index (κ2) is 8.91. The first-order valence-corrected chi connectivity index (χ1v) is 12.3. The van der Waals surface area contributed by atoms with Crippen LogP contribution in [0.4, 0.5) is 11.4 Å². The number of anilines is 2. The quantitative estimate of drug-likeness (QED) is 0.268. The van der Waals surface area contributed by atoms with Crippen LogP contribution in [0.2, 0.25) is 0 Å². The van der Waals surface area contributed by atoms with Crippen molar-refractivity contribution in [2.75, 3.05) is 23.3 Å². The molecule has 0 radical (unpaired) electrons. The summed E-state index contributed by atoms with van der Waals surface area (Å²) in [6.45, 7) is 8.32. The zero-order valence-corrected chi connectivity index (χ0v) is 19.9. The number of fused-ring (bicyclic) bond motifs is 2. The lowest BCUT2D eigenvalue weighted by atomic mass is 10.0. The molecule has 1 aromatic carbocycles. The molecule has 0 amide bonds. The number of rotatable bonds is 6. The van der Waals surface area contributed by atoms with E-state index < -0.39 is 0 Å². The van der Waals surface area contributed by atoms with Gasteiger partial charge in [0.05, 0.1) is 23.1 Å². The van der Waals surface area contributed by atoms with Gasteiger partial charge in [-0.2, -0.15) is 5.10 Å². The molecule has 3 N–H and O–H groups in total. The number of nitrogens with zero attached hydrogens (tertiary/aromatic N) is 4. The van der Waals surface area contributed by atoms with E-state index in [0.29, 0.717) is 0 Å². The van der Waals surface area contributed by atoms with Gasteiger partial charge in [0.15, 0.2) is 0 Å². The van der Waals surface area contributed by atoms with E-state index in [9.17, 15) is 0 Å². The van der Waals surface area contributed by atoms with E-state index in [-0.39, 0.29) is 0 Å². The van der Waals surface area contributed by atoms with E-state index in [1.807, 2.05) is 18.6 Å². The number of aromatic amines is 2. The van der Waals surface area contributed by atoms with Crippen molar-refractivity contribution >= 4 is 33.3 Å². The number of H-pyrrole nitrogens is 2. The maximum atomic E-state index is 4.67. The van der Waals surface area contributed by atoms with Gasteiger partial charge in [0.2, 0.25) is 0 Å². The lowest BCUT2D eigenvalue weighted by Crippen LogP contribution is -2.29. The third-order valence-electron chi connectivity index (χ3n) is 6.84. The third kappa shape index (κ3) is 4.03. The molecule has 0 saturated carbocycles. The number of pyridine rings is 2. The molecule has 0 spiro atoms. The first-order valence-electron chi connectivity index (χ1n) is 12.3. The highest BCUT2D eigenvalue weighted by molar-refractivity contribution is 5.99. The minimum atomic E-state index is 0.868. The average molecular weight is 464 g/mol. The van der Waals surface area contributed by atoms with Gasteiger partial charge < -0.3 is 15.2 Å². The van der Waals surface area contributed by atoms with E-state index in [4.69, 9.17) is 0 Å². The summed E-state index contributed by atoms with van der Waals surface area (Å²) in [5.41, 5.74) is 9.03. The minimum Gasteiger partial charge on any atom is -0.371 e. The third-order valence-corrected chi connectivity index (χ3v) is 6.84. The molecule has 35 heavy (non-hydrogen) atoms. The lowest BCUT2D eigenvalue weighted by Gasteiger charge is -2.29. The predicted molar refractivity (Wildman–Crippen MR) is 144 cm³/mol. The largest absolute Gasteiger partial charge is 0.371 e. The van der Waals surface area contributed by atoms with Gasteiger partial charge in [-0.25, -0.2) is 4.98 Å². The molecule has 0 bridgehead atoms. The van der Waals surface area contributed by atoms with Crippen LogP contribution in [0, 0.1) is 0 Å². The van der Waals surface area contributed by atoms with Gasteiger partial charge in [-0.1, -0.05) is 19.6 Å². The normalized spacial score (nSPS) is 14.0. The molecule has 7 heteroatoms. The number of benzene rings is 1. The molecule has 1 saturated heterocycles. The topological polar surface area (TPSA) is 85.5 Å². The van der Waals surface area contributed by atoms with Gasteiger partial charge in [-0.05, 0) is 61.6 Å². The van der Waals surface area contributed by atoms with Crippen LogP contribution in [0.25, 0.3) is 44.5 Å². The Morgan fingerprint density at radius 1 is 1.03 bits per heavy atom. The summed E-state index contributed by atoms with van der Waals surface area (Å²) in [4.78, 5) is 15.0. The smallest absolute Gasteiger partial charge is 0.139 e. The van der Waals surface area contributed by atoms with Gasteiger partial charge in [0.25, 0.3) is 0 Å². The Labute approximate surface area is 204 Å². The molecule has 4 aromatic heterocycles. The van der Waals surface area contributed by atoms with Crippen LogP contribution in [0.3, 0.4) is 0 Å². The van der Waals surface area contributed by atoms with Crippen molar-refractivity contribution in [1.29, 1.82) is 0 Å². The van der Waals surface area contributed by atoms with Crippen LogP contribution in [0.1, 0.15) is 32.6 Å². The van der Waals surface area contributed by atoms with Crippen LogP contribution < -0.4 is 10.2 Å². The molecule has 6 rings (SSSR count). The van der Waals surface area contributed by atoms with Gasteiger partial charge in [0.1, 0.15) is 11.3 Å². The maximum Gasteiger partial charge on any atom is 0.139 e. The average Bonchev–Trinajstić information content (AvgIpc) is 3.53. The number of hydrogen-bond acceptors (Lipinski definition) is 5. The highest BCUT2D eigenvalue weighted by Gasteiger charge is 2.18. The molecule has 5 aromatic rings. The first-order chi connectivity index (χ1) is 17.2. The van der Waals surface area contributed by atoms with E-state index in [1.165, 1.54) is 24.9 Å². The lowest BCUT2D eigenvalue weighted by molar-refractivity contribution is 0.579. The Morgan fingerprint density at radius 2 is 1.91 bits per heavy atom. The fourth-order valence-electron chi connectivity index (χ4n) is 4.91. The van der Waals surface area contributed by atoms with Gasteiger partial charge in [0, 0.05) is 53.2 Å². The molecule has 0 aliphatic carbocycles. The maximum absolute atomic E-state index is 4.67. The van der Waals surface area contributed by atoms with Crippen molar-refractivity contribution in [3.63, 3.8) is 0 Å². The molecular weight excluding hydrogens is 434 g/mol. The number of allylic oxidation sites excluding steroid dienone is 1. The van der Waals surface area contributed by atoms with Crippen LogP contribution in [-0.4, -0.2) is 38.2 Å². The minimum absolute atomic E-state index is 0.868. The fourth-order valence-corrected chi connectivity index (χ4v) is 4.91. The second-order valence-electron chi connectivity index (χ2n) is 9.20. The molecule has 0 atom stereocenters. The standard InChI is InChI=1S/C28H29N7/c1-3-18(2)31-21-13-20(16-29-17-21)19-7-8-24-22(14-19)27(34-33-24)25-15-23-26(9-10-30-28(23)32-25)35-11-5-4-6-12-35/h7-10,13-17,31H,2-6,11-12H2,1H3,(H,30,32)(H,33,34). The monoisotopic (exact) mass is 463 g/mol. The number of nitrogens with one attached hydrogen (secondary N) is 3. The Bertz CT molecular complexity index is 1520. The molecule has 0 unspecified atom stereocenters. The van der Waals surface area contributed by atoms with Crippen LogP contribution in [0.5, 0.6) is 0 Å². The van der Waals surface area contributed by atoms with Crippen molar-refractivity contribution in [3.05, 3.63) is 67.3 Å². The summed E-state index contributed by atoms with van der Waals surface area (Å²) >= 11 is 0. The molecule has 1 fully saturated rings. The van der Waals surface area contributed by atoms with Crippen LogP contribution >= 0.6 is 0 Å². The van der Waals surface area contributed by atoms with Gasteiger partial charge >= 0.3 is 0 Å². The van der Waals surface area contributed by atoms with Crippen molar-refractivity contribution in [2.24, 2.45) is 0 Å². The Kier molecular flexibility index (Phi) is 5.45. The fraction of sp³-hybridized carbons (Fsp3) is 0.250. The van der Waals surface area contributed by atoms with Crippen LogP contribution in [0.15, 0.2) is 67.3 Å². The van der Waals surface area contributed by atoms with E-state index in [0.717, 1.165) is 75.3 Å². The summed E-state index contributed by atoms with van der Waals surface area (Å²) in [6, 6.07) is 12.8. The molecular formula is C28H29N7. The zero-order chi connectivity index (χ0) is 23.8. The molecule has 176 valence electrons. The summed E-state index contributed by atoms with van der Waals surface area (Å²) < 4.78 is 0. The van der Waals surface area contributed by atoms with Gasteiger partial charge in [-0.15, -0.1) is 0 Å². The van der Waals surface area contributed by atoms with Gasteiger partial charge in [-0.3, -0.25) is 10.1 Å². The summed E-state index contributed by atoms with van der Waals surface area (Å²) in [5.74, 6) is 0. The molecule has 1 aliphatic rings. The van der Waals surface area contributed by atoms with E-state index in [2.05, 4.69) is 85.3 Å². The van der Waals surface area contributed by atoms with Crippen molar-refractivity contribution < 1.29 is 0 Å². The Balaban J connectivity index is 1.39. The van der Waals surface area contributed by atoms with E-state index >= 15 is 0 Å². The summed E-state index contributed by atoms with van der Waals surface area (Å²) in [7, 11) is 0. The Morgan fingerprint density at radius 3 is 2.77 bits per heavy atom. The zero-order valence-electron chi connectivity index (χ0n) is 19.9. The van der Waals surface area contributed by atoms with E-state index in [1.54, 1.807) is 0 Å². The summed E-state index contributed by atoms with van der Waals surface area (Å²) in [6.07, 6.45) is 10.3. The molecule has 5 heterocycles.